The lowest BCUT2D eigenvalue weighted by atomic mass is 10.0. The molecule has 1 rings (SSSR count). The third-order valence-electron chi connectivity index (χ3n) is 2.99. The fourth-order valence-corrected chi connectivity index (χ4v) is 1.96. The number of carboxylic acid groups (broad SMARTS) is 1. The molecule has 0 aromatic rings. The van der Waals surface area contributed by atoms with E-state index in [-0.39, 0.29) is 12.5 Å². The zero-order chi connectivity index (χ0) is 15.3. The van der Waals surface area contributed by atoms with Crippen LogP contribution in [0.3, 0.4) is 0 Å². The van der Waals surface area contributed by atoms with Crippen LogP contribution in [0.15, 0.2) is 0 Å². The predicted molar refractivity (Wildman–Crippen MR) is 72.1 cm³/mol. The van der Waals surface area contributed by atoms with Crippen molar-refractivity contribution in [1.82, 2.24) is 10.4 Å². The van der Waals surface area contributed by atoms with Crippen LogP contribution in [0.2, 0.25) is 0 Å². The van der Waals surface area contributed by atoms with Gasteiger partial charge in [0.2, 0.25) is 0 Å². The van der Waals surface area contributed by atoms with Crippen molar-refractivity contribution in [2.45, 2.75) is 57.7 Å². The predicted octanol–water partition coefficient (Wildman–Crippen LogP) is 1.38. The van der Waals surface area contributed by atoms with E-state index in [1.165, 1.54) is 7.05 Å². The number of carboxylic acids is 1. The number of nitrogens with zero attached hydrogens (tertiary/aromatic N) is 1. The molecule has 1 amide bonds. The monoisotopic (exact) mass is 288 g/mol. The van der Waals surface area contributed by atoms with Crippen molar-refractivity contribution in [1.29, 1.82) is 0 Å². The van der Waals surface area contributed by atoms with Gasteiger partial charge in [-0.05, 0) is 40.0 Å². The zero-order valence-corrected chi connectivity index (χ0v) is 12.5. The molecule has 20 heavy (non-hydrogen) atoms. The van der Waals surface area contributed by atoms with Crippen LogP contribution in [-0.2, 0) is 14.4 Å². The van der Waals surface area contributed by atoms with Crippen molar-refractivity contribution < 1.29 is 24.3 Å². The van der Waals surface area contributed by atoms with Crippen molar-refractivity contribution in [3.63, 3.8) is 0 Å². The molecule has 2 N–H and O–H groups in total. The third-order valence-corrected chi connectivity index (χ3v) is 2.99. The summed E-state index contributed by atoms with van der Waals surface area (Å²) >= 11 is 0. The van der Waals surface area contributed by atoms with E-state index in [0.717, 1.165) is 17.7 Å². The number of hydroxylamine groups is 1. The molecule has 116 valence electrons. The maximum absolute atomic E-state index is 11.9. The van der Waals surface area contributed by atoms with E-state index in [0.29, 0.717) is 6.61 Å². The van der Waals surface area contributed by atoms with Gasteiger partial charge < -0.3 is 14.7 Å². The highest BCUT2D eigenvalue weighted by Crippen LogP contribution is 2.16. The van der Waals surface area contributed by atoms with Crippen LogP contribution in [0.1, 0.15) is 40.0 Å². The SMILES string of the molecule is CN(C(=O)OC(C)(C)C)C(CC1CCCON1)C(=O)O. The van der Waals surface area contributed by atoms with Crippen LogP contribution in [-0.4, -0.2) is 53.4 Å². The second kappa shape index (κ2) is 6.90. The standard InChI is InChI=1S/C13H24N2O5/c1-13(2,3)20-12(18)15(4)10(11(16)17)8-9-6-5-7-19-14-9/h9-10,14H,5-8H2,1-4H3,(H,16,17). The fraction of sp³-hybridized carbons (Fsp3) is 0.846. The second-order valence-corrected chi connectivity index (χ2v) is 5.99. The number of carbonyl (C=O) groups is 2. The van der Waals surface area contributed by atoms with E-state index in [9.17, 15) is 14.7 Å². The highest BCUT2D eigenvalue weighted by atomic mass is 16.6. The Kier molecular flexibility index (Phi) is 5.76. The molecule has 0 radical (unpaired) electrons. The molecule has 1 aliphatic heterocycles. The molecule has 1 saturated heterocycles. The summed E-state index contributed by atoms with van der Waals surface area (Å²) in [6, 6.07) is -1.02. The molecule has 0 saturated carbocycles. The first kappa shape index (κ1) is 16.7. The maximum Gasteiger partial charge on any atom is 0.410 e. The highest BCUT2D eigenvalue weighted by molar-refractivity contribution is 5.80. The van der Waals surface area contributed by atoms with Crippen molar-refractivity contribution in [3.8, 4) is 0 Å². The number of carbonyl (C=O) groups excluding carboxylic acids is 1. The van der Waals surface area contributed by atoms with E-state index in [1.807, 2.05) is 0 Å². The number of aliphatic carboxylic acids is 1. The molecule has 7 nitrogen and oxygen atoms in total. The van der Waals surface area contributed by atoms with Gasteiger partial charge >= 0.3 is 12.1 Å². The van der Waals surface area contributed by atoms with Crippen LogP contribution in [0.4, 0.5) is 4.79 Å². The normalized spacial score (nSPS) is 21.1. The zero-order valence-electron chi connectivity index (χ0n) is 12.5. The molecular formula is C13H24N2O5. The van der Waals surface area contributed by atoms with Crippen LogP contribution < -0.4 is 5.48 Å². The Hall–Kier alpha value is -1.34. The Morgan fingerprint density at radius 2 is 2.15 bits per heavy atom. The van der Waals surface area contributed by atoms with E-state index in [1.54, 1.807) is 20.8 Å². The summed E-state index contributed by atoms with van der Waals surface area (Å²) in [4.78, 5) is 29.5. The lowest BCUT2D eigenvalue weighted by Crippen LogP contribution is -2.49. The maximum atomic E-state index is 11.9. The van der Waals surface area contributed by atoms with Crippen LogP contribution >= 0.6 is 0 Å². The van der Waals surface area contributed by atoms with Gasteiger partial charge in [-0.15, -0.1) is 0 Å². The van der Waals surface area contributed by atoms with Crippen molar-refractivity contribution in [3.05, 3.63) is 0 Å². The van der Waals surface area contributed by atoms with E-state index < -0.39 is 23.7 Å². The smallest absolute Gasteiger partial charge is 0.410 e. The van der Waals surface area contributed by atoms with Crippen molar-refractivity contribution in [2.75, 3.05) is 13.7 Å². The van der Waals surface area contributed by atoms with Gasteiger partial charge in [0.25, 0.3) is 0 Å². The Bertz CT molecular complexity index is 347. The Balaban J connectivity index is 2.64. The molecule has 0 spiro atoms. The van der Waals surface area contributed by atoms with Gasteiger partial charge in [0.05, 0.1) is 6.61 Å². The van der Waals surface area contributed by atoms with Gasteiger partial charge in [-0.25, -0.2) is 9.59 Å². The average molecular weight is 288 g/mol. The first-order valence-corrected chi connectivity index (χ1v) is 6.76. The minimum absolute atomic E-state index is 0.0743. The largest absolute Gasteiger partial charge is 0.480 e. The highest BCUT2D eigenvalue weighted by Gasteiger charge is 2.32. The van der Waals surface area contributed by atoms with Gasteiger partial charge in [0.1, 0.15) is 11.6 Å². The van der Waals surface area contributed by atoms with Crippen molar-refractivity contribution >= 4 is 12.1 Å². The van der Waals surface area contributed by atoms with Gasteiger partial charge in [-0.2, -0.15) is 5.48 Å². The Morgan fingerprint density at radius 3 is 2.60 bits per heavy atom. The van der Waals surface area contributed by atoms with Gasteiger partial charge in [-0.1, -0.05) is 0 Å². The Labute approximate surface area is 119 Å². The second-order valence-electron chi connectivity index (χ2n) is 5.99. The van der Waals surface area contributed by atoms with Crippen molar-refractivity contribution in [2.24, 2.45) is 0 Å². The first-order chi connectivity index (χ1) is 9.20. The molecule has 0 bridgehead atoms. The number of rotatable bonds is 4. The number of amides is 1. The minimum Gasteiger partial charge on any atom is -0.480 e. The van der Waals surface area contributed by atoms with Crippen LogP contribution in [0.5, 0.6) is 0 Å². The van der Waals surface area contributed by atoms with Gasteiger partial charge in [0.15, 0.2) is 0 Å². The molecule has 7 heteroatoms. The molecule has 2 unspecified atom stereocenters. The summed E-state index contributed by atoms with van der Waals surface area (Å²) in [5.74, 6) is -1.05. The van der Waals surface area contributed by atoms with Crippen LogP contribution in [0.25, 0.3) is 0 Å². The van der Waals surface area contributed by atoms with Gasteiger partial charge in [-0.3, -0.25) is 4.90 Å². The summed E-state index contributed by atoms with van der Waals surface area (Å²) in [5, 5.41) is 9.30. The number of ether oxygens (including phenoxy) is 1. The molecule has 1 fully saturated rings. The fourth-order valence-electron chi connectivity index (χ4n) is 1.96. The summed E-state index contributed by atoms with van der Waals surface area (Å²) in [6.07, 6.45) is 1.35. The number of hydrogen-bond donors (Lipinski definition) is 2. The van der Waals surface area contributed by atoms with E-state index >= 15 is 0 Å². The molecule has 1 heterocycles. The molecular weight excluding hydrogens is 264 g/mol. The summed E-state index contributed by atoms with van der Waals surface area (Å²) < 4.78 is 5.19. The molecule has 0 aromatic heterocycles. The summed E-state index contributed by atoms with van der Waals surface area (Å²) in [7, 11) is 1.44. The number of likely N-dealkylation sites (N-methyl/N-ethyl adjacent to an activating group) is 1. The minimum atomic E-state index is -1.05. The number of nitrogens with one attached hydrogen (secondary N) is 1. The molecule has 0 aromatic carbocycles. The van der Waals surface area contributed by atoms with Crippen LogP contribution in [0, 0.1) is 0 Å². The molecule has 2 atom stereocenters. The lowest BCUT2D eigenvalue weighted by molar-refractivity contribution is -0.143. The third kappa shape index (κ3) is 5.34. The lowest BCUT2D eigenvalue weighted by Gasteiger charge is -2.31. The summed E-state index contributed by atoms with van der Waals surface area (Å²) in [6.45, 7) is 5.84. The first-order valence-electron chi connectivity index (χ1n) is 6.76. The Morgan fingerprint density at radius 1 is 1.50 bits per heavy atom. The van der Waals surface area contributed by atoms with E-state index in [2.05, 4.69) is 5.48 Å². The summed E-state index contributed by atoms with van der Waals surface area (Å²) in [5.41, 5.74) is 2.15. The quantitative estimate of drug-likeness (QED) is 0.812. The topological polar surface area (TPSA) is 88.1 Å². The molecule has 0 aliphatic carbocycles. The van der Waals surface area contributed by atoms with E-state index in [4.69, 9.17) is 9.57 Å². The number of hydrogen-bond acceptors (Lipinski definition) is 5. The molecule has 1 aliphatic rings. The van der Waals surface area contributed by atoms with Gasteiger partial charge in [0, 0.05) is 13.1 Å². The average Bonchev–Trinajstić information content (AvgIpc) is 2.34.